The third kappa shape index (κ3) is 3.93. The van der Waals surface area contributed by atoms with Crippen molar-refractivity contribution >= 4 is 5.91 Å². The third-order valence-corrected chi connectivity index (χ3v) is 2.96. The van der Waals surface area contributed by atoms with Gasteiger partial charge in [-0.25, -0.2) is 4.68 Å². The zero-order valence-corrected chi connectivity index (χ0v) is 11.7. The van der Waals surface area contributed by atoms with E-state index in [2.05, 4.69) is 21.8 Å². The van der Waals surface area contributed by atoms with Crippen LogP contribution in [0.4, 0.5) is 0 Å². The van der Waals surface area contributed by atoms with Crippen LogP contribution in [0.15, 0.2) is 42.7 Å². The second kappa shape index (κ2) is 7.45. The van der Waals surface area contributed by atoms with Crippen molar-refractivity contribution in [1.82, 2.24) is 20.4 Å². The number of para-hydroxylation sites is 1. The Hall–Kier alpha value is -2.14. The molecule has 0 saturated heterocycles. The Kier molecular flexibility index (Phi) is 5.32. The number of carbonyl (C=O) groups excluding carboxylic acids is 1. The SMILES string of the molecule is CCNC(=O)CCNCc1ccccc1-n1cccn1. The van der Waals surface area contributed by atoms with Crippen LogP contribution in [0.1, 0.15) is 18.9 Å². The first-order chi connectivity index (χ1) is 9.81. The Morgan fingerprint density at radius 2 is 2.15 bits per heavy atom. The van der Waals surface area contributed by atoms with Crippen molar-refractivity contribution in [2.45, 2.75) is 19.9 Å². The highest BCUT2D eigenvalue weighted by molar-refractivity contribution is 5.75. The number of amides is 1. The molecule has 1 aromatic carbocycles. The summed E-state index contributed by atoms with van der Waals surface area (Å²) in [4.78, 5) is 11.3. The zero-order valence-electron chi connectivity index (χ0n) is 11.7. The number of nitrogens with one attached hydrogen (secondary N) is 2. The standard InChI is InChI=1S/C15H20N4O/c1-2-17-15(20)8-10-16-12-13-6-3-4-7-14(13)19-11-5-9-18-19/h3-7,9,11,16H,2,8,10,12H2,1H3,(H,17,20). The molecule has 0 unspecified atom stereocenters. The normalized spacial score (nSPS) is 10.4. The molecule has 5 nitrogen and oxygen atoms in total. The van der Waals surface area contributed by atoms with Gasteiger partial charge in [-0.15, -0.1) is 0 Å². The molecule has 0 bridgehead atoms. The predicted octanol–water partition coefficient (Wildman–Crippen LogP) is 1.49. The van der Waals surface area contributed by atoms with E-state index >= 15 is 0 Å². The molecule has 0 aliphatic heterocycles. The molecule has 2 N–H and O–H groups in total. The highest BCUT2D eigenvalue weighted by atomic mass is 16.1. The van der Waals surface area contributed by atoms with E-state index in [0.717, 1.165) is 17.8 Å². The molecule has 0 atom stereocenters. The van der Waals surface area contributed by atoms with Crippen molar-refractivity contribution in [1.29, 1.82) is 0 Å². The first-order valence-corrected chi connectivity index (χ1v) is 6.86. The maximum absolute atomic E-state index is 11.3. The van der Waals surface area contributed by atoms with Gasteiger partial charge < -0.3 is 10.6 Å². The van der Waals surface area contributed by atoms with E-state index in [1.165, 1.54) is 0 Å². The van der Waals surface area contributed by atoms with Crippen molar-refractivity contribution < 1.29 is 4.79 Å². The van der Waals surface area contributed by atoms with Gasteiger partial charge >= 0.3 is 0 Å². The van der Waals surface area contributed by atoms with Crippen molar-refractivity contribution in [2.24, 2.45) is 0 Å². The van der Waals surface area contributed by atoms with Crippen LogP contribution < -0.4 is 10.6 Å². The number of aromatic nitrogens is 2. The summed E-state index contributed by atoms with van der Waals surface area (Å²) in [6, 6.07) is 10.0. The molecular weight excluding hydrogens is 252 g/mol. The Labute approximate surface area is 119 Å². The molecule has 0 saturated carbocycles. The molecule has 1 amide bonds. The lowest BCUT2D eigenvalue weighted by Crippen LogP contribution is -2.27. The molecule has 0 radical (unpaired) electrons. The van der Waals surface area contributed by atoms with E-state index in [-0.39, 0.29) is 5.91 Å². The van der Waals surface area contributed by atoms with Crippen LogP contribution in [-0.4, -0.2) is 28.8 Å². The lowest BCUT2D eigenvalue weighted by molar-refractivity contribution is -0.120. The van der Waals surface area contributed by atoms with Gasteiger partial charge in [-0.2, -0.15) is 5.10 Å². The largest absolute Gasteiger partial charge is 0.356 e. The summed E-state index contributed by atoms with van der Waals surface area (Å²) in [6.45, 7) is 3.99. The van der Waals surface area contributed by atoms with Gasteiger partial charge in [-0.1, -0.05) is 18.2 Å². The minimum absolute atomic E-state index is 0.0837. The second-order valence-corrected chi connectivity index (χ2v) is 4.46. The molecule has 0 aliphatic rings. The average molecular weight is 272 g/mol. The van der Waals surface area contributed by atoms with Crippen LogP contribution in [0.25, 0.3) is 5.69 Å². The van der Waals surface area contributed by atoms with Crippen molar-refractivity contribution in [3.63, 3.8) is 0 Å². The first-order valence-electron chi connectivity index (χ1n) is 6.86. The molecule has 2 rings (SSSR count). The van der Waals surface area contributed by atoms with E-state index in [1.807, 2.05) is 42.1 Å². The fourth-order valence-electron chi connectivity index (χ4n) is 2.01. The molecule has 5 heteroatoms. The van der Waals surface area contributed by atoms with Crippen LogP contribution in [0.3, 0.4) is 0 Å². The fraction of sp³-hybridized carbons (Fsp3) is 0.333. The molecular formula is C15H20N4O. The molecule has 1 aromatic heterocycles. The average Bonchev–Trinajstić information content (AvgIpc) is 2.98. The van der Waals surface area contributed by atoms with Gasteiger partial charge in [0, 0.05) is 38.4 Å². The van der Waals surface area contributed by atoms with Gasteiger partial charge in [0.1, 0.15) is 0 Å². The van der Waals surface area contributed by atoms with Crippen LogP contribution in [0.2, 0.25) is 0 Å². The number of carbonyl (C=O) groups is 1. The van der Waals surface area contributed by atoms with Gasteiger partial charge in [0.15, 0.2) is 0 Å². The van der Waals surface area contributed by atoms with E-state index in [0.29, 0.717) is 19.5 Å². The summed E-state index contributed by atoms with van der Waals surface area (Å²) in [5.74, 6) is 0.0837. The molecule has 0 spiro atoms. The van der Waals surface area contributed by atoms with Gasteiger partial charge in [0.05, 0.1) is 5.69 Å². The van der Waals surface area contributed by atoms with Crippen LogP contribution in [0.5, 0.6) is 0 Å². The molecule has 2 aromatic rings. The molecule has 1 heterocycles. The van der Waals surface area contributed by atoms with Crippen molar-refractivity contribution in [2.75, 3.05) is 13.1 Å². The summed E-state index contributed by atoms with van der Waals surface area (Å²) < 4.78 is 1.85. The van der Waals surface area contributed by atoms with Gasteiger partial charge in [0.25, 0.3) is 0 Å². The summed E-state index contributed by atoms with van der Waals surface area (Å²) in [7, 11) is 0. The Morgan fingerprint density at radius 3 is 2.90 bits per heavy atom. The first kappa shape index (κ1) is 14.3. The van der Waals surface area contributed by atoms with E-state index in [4.69, 9.17) is 0 Å². The van der Waals surface area contributed by atoms with Gasteiger partial charge in [-0.05, 0) is 24.6 Å². The highest BCUT2D eigenvalue weighted by Crippen LogP contribution is 2.12. The topological polar surface area (TPSA) is 59.0 Å². The lowest BCUT2D eigenvalue weighted by Gasteiger charge is -2.10. The van der Waals surface area contributed by atoms with E-state index in [9.17, 15) is 4.79 Å². The maximum Gasteiger partial charge on any atom is 0.221 e. The summed E-state index contributed by atoms with van der Waals surface area (Å²) >= 11 is 0. The Bertz CT molecular complexity index is 537. The quantitative estimate of drug-likeness (QED) is 0.751. The molecule has 106 valence electrons. The Balaban J connectivity index is 1.89. The number of hydrogen-bond acceptors (Lipinski definition) is 3. The number of rotatable bonds is 7. The maximum atomic E-state index is 11.3. The van der Waals surface area contributed by atoms with Crippen molar-refractivity contribution in [3.8, 4) is 5.69 Å². The van der Waals surface area contributed by atoms with Gasteiger partial charge in [0.2, 0.25) is 5.91 Å². The molecule has 0 fully saturated rings. The highest BCUT2D eigenvalue weighted by Gasteiger charge is 2.04. The van der Waals surface area contributed by atoms with Crippen LogP contribution in [-0.2, 0) is 11.3 Å². The van der Waals surface area contributed by atoms with Crippen molar-refractivity contribution in [3.05, 3.63) is 48.3 Å². The van der Waals surface area contributed by atoms with E-state index in [1.54, 1.807) is 6.20 Å². The van der Waals surface area contributed by atoms with Crippen LogP contribution >= 0.6 is 0 Å². The van der Waals surface area contributed by atoms with E-state index < -0.39 is 0 Å². The summed E-state index contributed by atoms with van der Waals surface area (Å²) in [5, 5.41) is 10.3. The smallest absolute Gasteiger partial charge is 0.221 e. The monoisotopic (exact) mass is 272 g/mol. The predicted molar refractivity (Wildman–Crippen MR) is 78.6 cm³/mol. The Morgan fingerprint density at radius 1 is 1.30 bits per heavy atom. The number of nitrogens with zero attached hydrogens (tertiary/aromatic N) is 2. The molecule has 0 aliphatic carbocycles. The minimum Gasteiger partial charge on any atom is -0.356 e. The number of benzene rings is 1. The third-order valence-electron chi connectivity index (χ3n) is 2.96. The van der Waals surface area contributed by atoms with Gasteiger partial charge in [-0.3, -0.25) is 4.79 Å². The lowest BCUT2D eigenvalue weighted by atomic mass is 10.1. The summed E-state index contributed by atoms with van der Waals surface area (Å²) in [5.41, 5.74) is 2.22. The second-order valence-electron chi connectivity index (χ2n) is 4.46. The summed E-state index contributed by atoms with van der Waals surface area (Å²) in [6.07, 6.45) is 4.19. The van der Waals surface area contributed by atoms with Crippen LogP contribution in [0, 0.1) is 0 Å². The fourth-order valence-corrected chi connectivity index (χ4v) is 2.01. The number of hydrogen-bond donors (Lipinski definition) is 2. The zero-order chi connectivity index (χ0) is 14.2. The molecule has 20 heavy (non-hydrogen) atoms. The minimum atomic E-state index is 0.0837.